The molecule has 2 rings (SSSR count). The lowest BCUT2D eigenvalue weighted by Gasteiger charge is -2.09. The summed E-state index contributed by atoms with van der Waals surface area (Å²) in [6.45, 7) is 1.77. The molecule has 0 fully saturated rings. The third-order valence-corrected chi connectivity index (χ3v) is 4.42. The quantitative estimate of drug-likeness (QED) is 0.816. The van der Waals surface area contributed by atoms with Crippen molar-refractivity contribution in [2.75, 3.05) is 0 Å². The van der Waals surface area contributed by atoms with Crippen molar-refractivity contribution in [1.29, 1.82) is 0 Å². The molecule has 2 aromatic carbocycles. The van der Waals surface area contributed by atoms with E-state index in [1.165, 1.54) is 10.5 Å². The van der Waals surface area contributed by atoms with Gasteiger partial charge in [0.05, 0.1) is 6.10 Å². The van der Waals surface area contributed by atoms with Gasteiger partial charge in [-0.05, 0) is 30.2 Å². The summed E-state index contributed by atoms with van der Waals surface area (Å²) >= 11 is 5.30. The molecule has 94 valence electrons. The van der Waals surface area contributed by atoms with Crippen molar-refractivity contribution in [3.63, 3.8) is 0 Å². The zero-order valence-corrected chi connectivity index (χ0v) is 12.5. The maximum Gasteiger partial charge on any atom is 0.0772 e. The van der Waals surface area contributed by atoms with Crippen molar-refractivity contribution < 1.29 is 5.11 Å². The van der Waals surface area contributed by atoms with Gasteiger partial charge >= 0.3 is 0 Å². The molecule has 1 atom stereocenters. The summed E-state index contributed by atoms with van der Waals surface area (Å²) in [6.07, 6.45) is -0.437. The Labute approximate surface area is 120 Å². The largest absolute Gasteiger partial charge is 0.389 e. The number of hydrogen-bond acceptors (Lipinski definition) is 2. The molecular formula is C15H15BrOS. The van der Waals surface area contributed by atoms with Gasteiger partial charge in [0.1, 0.15) is 0 Å². The molecule has 0 aromatic heterocycles. The first-order valence-electron chi connectivity index (χ1n) is 5.81. The minimum Gasteiger partial charge on any atom is -0.389 e. The summed E-state index contributed by atoms with van der Waals surface area (Å²) in [5.74, 6) is 0.960. The molecule has 0 unspecified atom stereocenters. The van der Waals surface area contributed by atoms with Crippen LogP contribution in [0.5, 0.6) is 0 Å². The maximum absolute atomic E-state index is 9.57. The zero-order valence-electron chi connectivity index (χ0n) is 10.1. The van der Waals surface area contributed by atoms with E-state index in [-0.39, 0.29) is 0 Å². The van der Waals surface area contributed by atoms with Crippen LogP contribution < -0.4 is 0 Å². The number of hydrogen-bond donors (Lipinski definition) is 1. The van der Waals surface area contributed by atoms with Crippen molar-refractivity contribution in [3.05, 3.63) is 64.1 Å². The molecule has 0 aliphatic heterocycles. The molecule has 0 heterocycles. The predicted octanol–water partition coefficient (Wildman–Crippen LogP) is 4.79. The molecule has 1 N–H and O–H groups in total. The van der Waals surface area contributed by atoms with Crippen LogP contribution in [0.25, 0.3) is 0 Å². The summed E-state index contributed by atoms with van der Waals surface area (Å²) in [4.78, 5) is 1.20. The van der Waals surface area contributed by atoms with E-state index in [1.54, 1.807) is 18.7 Å². The second kappa shape index (κ2) is 6.41. The monoisotopic (exact) mass is 322 g/mol. The van der Waals surface area contributed by atoms with Crippen LogP contribution in [0.2, 0.25) is 0 Å². The van der Waals surface area contributed by atoms with Gasteiger partial charge < -0.3 is 5.11 Å². The van der Waals surface area contributed by atoms with E-state index >= 15 is 0 Å². The topological polar surface area (TPSA) is 20.2 Å². The van der Waals surface area contributed by atoms with Gasteiger partial charge in [0, 0.05) is 15.1 Å². The Morgan fingerprint density at radius 2 is 1.89 bits per heavy atom. The highest BCUT2D eigenvalue weighted by Gasteiger charge is 2.06. The van der Waals surface area contributed by atoms with Crippen LogP contribution in [0, 0.1) is 0 Å². The van der Waals surface area contributed by atoms with Crippen LogP contribution in [0.3, 0.4) is 0 Å². The SMILES string of the molecule is C[C@@H](O)c1ccc(SCc2ccccc2)cc1Br. The number of rotatable bonds is 4. The van der Waals surface area contributed by atoms with Gasteiger partial charge in [-0.15, -0.1) is 11.8 Å². The van der Waals surface area contributed by atoms with Crippen molar-refractivity contribution in [2.45, 2.75) is 23.7 Å². The number of aliphatic hydroxyl groups is 1. The molecule has 0 spiro atoms. The molecular weight excluding hydrogens is 308 g/mol. The Bertz CT molecular complexity index is 511. The normalized spacial score (nSPS) is 12.4. The van der Waals surface area contributed by atoms with Gasteiger partial charge in [-0.1, -0.05) is 52.3 Å². The fourth-order valence-electron chi connectivity index (χ4n) is 1.68. The Morgan fingerprint density at radius 1 is 1.17 bits per heavy atom. The third-order valence-electron chi connectivity index (χ3n) is 2.67. The number of halogens is 1. The van der Waals surface area contributed by atoms with Crippen LogP contribution in [-0.4, -0.2) is 5.11 Å². The molecule has 0 aliphatic rings. The predicted molar refractivity (Wildman–Crippen MR) is 80.8 cm³/mol. The minimum atomic E-state index is -0.437. The van der Waals surface area contributed by atoms with Gasteiger partial charge in [-0.2, -0.15) is 0 Å². The first-order chi connectivity index (χ1) is 8.66. The molecule has 0 radical (unpaired) electrons. The average molecular weight is 323 g/mol. The van der Waals surface area contributed by atoms with Gasteiger partial charge in [-0.3, -0.25) is 0 Å². The van der Waals surface area contributed by atoms with Gasteiger partial charge in [-0.25, -0.2) is 0 Å². The summed E-state index contributed by atoms with van der Waals surface area (Å²) in [6, 6.07) is 16.5. The molecule has 0 bridgehead atoms. The molecule has 0 aliphatic carbocycles. The highest BCUT2D eigenvalue weighted by Crippen LogP contribution is 2.30. The van der Waals surface area contributed by atoms with Crippen LogP contribution in [0.1, 0.15) is 24.2 Å². The van der Waals surface area contributed by atoms with Crippen LogP contribution >= 0.6 is 27.7 Å². The highest BCUT2D eigenvalue weighted by molar-refractivity contribution is 9.10. The maximum atomic E-state index is 9.57. The molecule has 0 saturated heterocycles. The lowest BCUT2D eigenvalue weighted by Crippen LogP contribution is -1.92. The van der Waals surface area contributed by atoms with E-state index in [0.717, 1.165) is 15.8 Å². The smallest absolute Gasteiger partial charge is 0.0772 e. The van der Waals surface area contributed by atoms with E-state index in [2.05, 4.69) is 52.3 Å². The Balaban J connectivity index is 2.05. The lowest BCUT2D eigenvalue weighted by atomic mass is 10.1. The second-order valence-corrected chi connectivity index (χ2v) is 6.04. The van der Waals surface area contributed by atoms with Crippen molar-refractivity contribution in [3.8, 4) is 0 Å². The van der Waals surface area contributed by atoms with E-state index in [9.17, 15) is 5.11 Å². The van der Waals surface area contributed by atoms with Gasteiger partial charge in [0.2, 0.25) is 0 Å². The second-order valence-electron chi connectivity index (χ2n) is 4.13. The van der Waals surface area contributed by atoms with E-state index in [1.807, 2.05) is 12.1 Å². The van der Waals surface area contributed by atoms with E-state index in [0.29, 0.717) is 0 Å². The molecule has 2 aromatic rings. The fraction of sp³-hybridized carbons (Fsp3) is 0.200. The van der Waals surface area contributed by atoms with Crippen molar-refractivity contribution >= 4 is 27.7 Å². The van der Waals surface area contributed by atoms with E-state index < -0.39 is 6.10 Å². The summed E-state index contributed by atoms with van der Waals surface area (Å²) in [5.41, 5.74) is 2.25. The van der Waals surface area contributed by atoms with Gasteiger partial charge in [0.15, 0.2) is 0 Å². The summed E-state index contributed by atoms with van der Waals surface area (Å²) < 4.78 is 0.968. The van der Waals surface area contributed by atoms with Crippen LogP contribution in [0.15, 0.2) is 57.9 Å². The van der Waals surface area contributed by atoms with Crippen molar-refractivity contribution in [2.24, 2.45) is 0 Å². The standard InChI is InChI=1S/C15H15BrOS/c1-11(17)14-8-7-13(9-15(14)16)18-10-12-5-3-2-4-6-12/h2-9,11,17H,10H2,1H3/t11-/m1/s1. The Morgan fingerprint density at radius 3 is 2.50 bits per heavy atom. The van der Waals surface area contributed by atoms with Crippen LogP contribution in [-0.2, 0) is 5.75 Å². The zero-order chi connectivity index (χ0) is 13.0. The first kappa shape index (κ1) is 13.7. The first-order valence-corrected chi connectivity index (χ1v) is 7.59. The fourth-order valence-corrected chi connectivity index (χ4v) is 3.43. The summed E-state index contributed by atoms with van der Waals surface area (Å²) in [7, 11) is 0. The summed E-state index contributed by atoms with van der Waals surface area (Å²) in [5, 5.41) is 9.57. The third kappa shape index (κ3) is 3.61. The number of benzene rings is 2. The van der Waals surface area contributed by atoms with Crippen LogP contribution in [0.4, 0.5) is 0 Å². The molecule has 0 amide bonds. The molecule has 1 nitrogen and oxygen atoms in total. The molecule has 3 heteroatoms. The van der Waals surface area contributed by atoms with E-state index in [4.69, 9.17) is 0 Å². The lowest BCUT2D eigenvalue weighted by molar-refractivity contribution is 0.198. The Hall–Kier alpha value is -0.770. The Kier molecular flexibility index (Phi) is 4.87. The number of aliphatic hydroxyl groups excluding tert-OH is 1. The molecule has 18 heavy (non-hydrogen) atoms. The average Bonchev–Trinajstić information content (AvgIpc) is 2.37. The van der Waals surface area contributed by atoms with Gasteiger partial charge in [0.25, 0.3) is 0 Å². The highest BCUT2D eigenvalue weighted by atomic mass is 79.9. The molecule has 0 saturated carbocycles. The number of thioether (sulfide) groups is 1. The minimum absolute atomic E-state index is 0.437. The van der Waals surface area contributed by atoms with Crippen molar-refractivity contribution in [1.82, 2.24) is 0 Å².